The predicted octanol–water partition coefficient (Wildman–Crippen LogP) is 5.80. The molecule has 122 valence electrons. The van der Waals surface area contributed by atoms with Crippen LogP contribution in [0, 0.1) is 11.3 Å². The molecule has 1 unspecified atom stereocenters. The summed E-state index contributed by atoms with van der Waals surface area (Å²) in [5, 5.41) is 5.51. The first-order valence-electron chi connectivity index (χ1n) is 8.01. The van der Waals surface area contributed by atoms with Gasteiger partial charge in [-0.05, 0) is 48.3 Å². The molecule has 0 saturated carbocycles. The molecule has 0 radical (unpaired) electrons. The molecule has 23 heavy (non-hydrogen) atoms. The summed E-state index contributed by atoms with van der Waals surface area (Å²) < 4.78 is 0. The first-order valence-corrected chi connectivity index (χ1v) is 9.27. The Morgan fingerprint density at radius 3 is 2.74 bits per heavy atom. The van der Waals surface area contributed by atoms with Gasteiger partial charge in [0.15, 0.2) is 0 Å². The molecular formula is C19H22ClNOS. The minimum atomic E-state index is -0.0511. The zero-order valence-electron chi connectivity index (χ0n) is 13.8. The summed E-state index contributed by atoms with van der Waals surface area (Å²) in [5.74, 6) is 0.637. The molecule has 2 aromatic rings. The number of thiophene rings is 1. The van der Waals surface area contributed by atoms with Crippen molar-refractivity contribution in [2.75, 3.05) is 5.32 Å². The molecule has 0 fully saturated rings. The number of hydrogen-bond acceptors (Lipinski definition) is 2. The highest BCUT2D eigenvalue weighted by Gasteiger charge is 2.31. The Hall–Kier alpha value is -1.32. The number of fused-ring (bicyclic) bond motifs is 1. The number of halogens is 1. The molecule has 0 saturated heterocycles. The molecule has 1 aliphatic rings. The highest BCUT2D eigenvalue weighted by atomic mass is 35.5. The number of rotatable bonds is 2. The monoisotopic (exact) mass is 347 g/mol. The number of anilines is 1. The van der Waals surface area contributed by atoms with Gasteiger partial charge in [0.05, 0.1) is 16.3 Å². The van der Waals surface area contributed by atoms with Crippen molar-refractivity contribution >= 4 is 34.5 Å². The third-order valence-electron chi connectivity index (χ3n) is 4.75. The van der Waals surface area contributed by atoms with E-state index in [1.165, 1.54) is 10.4 Å². The van der Waals surface area contributed by atoms with Crippen LogP contribution in [0.15, 0.2) is 29.6 Å². The summed E-state index contributed by atoms with van der Waals surface area (Å²) in [6.07, 6.45) is 3.23. The van der Waals surface area contributed by atoms with Crippen LogP contribution in [-0.2, 0) is 12.8 Å². The SMILES string of the molecule is CC(C)(C)C1CCc2c(C(=O)Nc3ccccc3Cl)csc2C1. The van der Waals surface area contributed by atoms with Gasteiger partial charge in [-0.15, -0.1) is 11.3 Å². The summed E-state index contributed by atoms with van der Waals surface area (Å²) in [5.41, 5.74) is 3.04. The van der Waals surface area contributed by atoms with Gasteiger partial charge < -0.3 is 5.32 Å². The van der Waals surface area contributed by atoms with E-state index in [2.05, 4.69) is 26.1 Å². The average Bonchev–Trinajstić information content (AvgIpc) is 2.92. The topological polar surface area (TPSA) is 29.1 Å². The molecule has 1 aliphatic carbocycles. The third-order valence-corrected chi connectivity index (χ3v) is 6.13. The Kier molecular flexibility index (Phi) is 4.52. The Morgan fingerprint density at radius 2 is 2.04 bits per heavy atom. The lowest BCUT2D eigenvalue weighted by atomic mass is 9.72. The molecule has 1 atom stereocenters. The molecule has 1 amide bonds. The molecule has 0 bridgehead atoms. The molecule has 3 rings (SSSR count). The lowest BCUT2D eigenvalue weighted by Gasteiger charge is -2.34. The number of para-hydroxylation sites is 1. The second-order valence-electron chi connectivity index (χ2n) is 7.29. The van der Waals surface area contributed by atoms with Gasteiger partial charge in [0.25, 0.3) is 5.91 Å². The number of nitrogens with one attached hydrogen (secondary N) is 1. The fraction of sp³-hybridized carbons (Fsp3) is 0.421. The molecule has 1 aromatic carbocycles. The van der Waals surface area contributed by atoms with Gasteiger partial charge in [-0.1, -0.05) is 44.5 Å². The molecule has 4 heteroatoms. The van der Waals surface area contributed by atoms with Crippen molar-refractivity contribution < 1.29 is 4.79 Å². The third kappa shape index (κ3) is 3.46. The zero-order valence-corrected chi connectivity index (χ0v) is 15.4. The fourth-order valence-corrected chi connectivity index (χ4v) is 4.54. The van der Waals surface area contributed by atoms with Crippen LogP contribution in [0.25, 0.3) is 0 Å². The number of carbonyl (C=O) groups is 1. The van der Waals surface area contributed by atoms with Gasteiger partial charge in [0, 0.05) is 10.3 Å². The largest absolute Gasteiger partial charge is 0.321 e. The van der Waals surface area contributed by atoms with Gasteiger partial charge >= 0.3 is 0 Å². The maximum atomic E-state index is 12.6. The van der Waals surface area contributed by atoms with Crippen LogP contribution >= 0.6 is 22.9 Å². The molecule has 2 nitrogen and oxygen atoms in total. The number of amides is 1. The van der Waals surface area contributed by atoms with Crippen molar-refractivity contribution in [2.24, 2.45) is 11.3 Å². The fourth-order valence-electron chi connectivity index (χ4n) is 3.19. The Morgan fingerprint density at radius 1 is 1.30 bits per heavy atom. The van der Waals surface area contributed by atoms with E-state index in [0.29, 0.717) is 22.0 Å². The quantitative estimate of drug-likeness (QED) is 0.730. The predicted molar refractivity (Wildman–Crippen MR) is 98.7 cm³/mol. The Labute approximate surface area is 146 Å². The average molecular weight is 348 g/mol. The smallest absolute Gasteiger partial charge is 0.256 e. The lowest BCUT2D eigenvalue weighted by molar-refractivity contribution is 0.102. The van der Waals surface area contributed by atoms with E-state index in [-0.39, 0.29) is 5.91 Å². The van der Waals surface area contributed by atoms with Gasteiger partial charge in [-0.2, -0.15) is 0 Å². The van der Waals surface area contributed by atoms with E-state index in [1.807, 2.05) is 23.6 Å². The summed E-state index contributed by atoms with van der Waals surface area (Å²) in [6, 6.07) is 7.35. The minimum absolute atomic E-state index is 0.0511. The Bertz CT molecular complexity index is 729. The molecule has 0 aliphatic heterocycles. The molecule has 1 aromatic heterocycles. The second-order valence-corrected chi connectivity index (χ2v) is 8.66. The van der Waals surface area contributed by atoms with Gasteiger partial charge in [-0.3, -0.25) is 4.79 Å². The summed E-state index contributed by atoms with van der Waals surface area (Å²) >= 11 is 7.85. The van der Waals surface area contributed by atoms with Crippen LogP contribution in [0.5, 0.6) is 0 Å². The zero-order chi connectivity index (χ0) is 16.6. The van der Waals surface area contributed by atoms with Crippen molar-refractivity contribution in [3.05, 3.63) is 50.7 Å². The van der Waals surface area contributed by atoms with Crippen LogP contribution in [0.2, 0.25) is 5.02 Å². The Balaban J connectivity index is 1.80. The van der Waals surface area contributed by atoms with E-state index in [9.17, 15) is 4.79 Å². The molecule has 0 spiro atoms. The van der Waals surface area contributed by atoms with E-state index >= 15 is 0 Å². The summed E-state index contributed by atoms with van der Waals surface area (Å²) in [7, 11) is 0. The lowest BCUT2D eigenvalue weighted by Crippen LogP contribution is -2.27. The van der Waals surface area contributed by atoms with Crippen LogP contribution in [0.3, 0.4) is 0 Å². The number of benzene rings is 1. The van der Waals surface area contributed by atoms with Crippen LogP contribution < -0.4 is 5.32 Å². The van der Waals surface area contributed by atoms with E-state index in [0.717, 1.165) is 24.8 Å². The van der Waals surface area contributed by atoms with Crippen LogP contribution in [0.4, 0.5) is 5.69 Å². The highest BCUT2D eigenvalue weighted by Crippen LogP contribution is 2.40. The first-order chi connectivity index (χ1) is 10.9. The maximum absolute atomic E-state index is 12.6. The summed E-state index contributed by atoms with van der Waals surface area (Å²) in [4.78, 5) is 14.0. The summed E-state index contributed by atoms with van der Waals surface area (Å²) in [6.45, 7) is 6.92. The second kappa shape index (κ2) is 6.29. The van der Waals surface area contributed by atoms with Crippen molar-refractivity contribution in [1.82, 2.24) is 0 Å². The molecule has 1 heterocycles. The van der Waals surface area contributed by atoms with E-state index < -0.39 is 0 Å². The van der Waals surface area contributed by atoms with Gasteiger partial charge in [0.2, 0.25) is 0 Å². The van der Waals surface area contributed by atoms with Crippen LogP contribution in [0.1, 0.15) is 48.0 Å². The maximum Gasteiger partial charge on any atom is 0.256 e. The molecular weight excluding hydrogens is 326 g/mol. The molecule has 1 N–H and O–H groups in total. The van der Waals surface area contributed by atoms with Crippen molar-refractivity contribution in [2.45, 2.75) is 40.0 Å². The standard InChI is InChI=1S/C19H22ClNOS/c1-19(2,3)12-8-9-13-14(11-23-17(13)10-12)18(22)21-16-7-5-4-6-15(16)20/h4-7,11-12H,8-10H2,1-3H3,(H,21,22). The highest BCUT2D eigenvalue weighted by molar-refractivity contribution is 7.10. The van der Waals surface area contributed by atoms with E-state index in [1.54, 1.807) is 17.4 Å². The van der Waals surface area contributed by atoms with Crippen molar-refractivity contribution in [1.29, 1.82) is 0 Å². The van der Waals surface area contributed by atoms with Gasteiger partial charge in [-0.25, -0.2) is 0 Å². The number of hydrogen-bond donors (Lipinski definition) is 1. The first kappa shape index (κ1) is 16.5. The van der Waals surface area contributed by atoms with Crippen molar-refractivity contribution in [3.8, 4) is 0 Å². The van der Waals surface area contributed by atoms with Gasteiger partial charge in [0.1, 0.15) is 0 Å². The number of carbonyl (C=O) groups excluding carboxylic acids is 1. The normalized spacial score (nSPS) is 17.7. The van der Waals surface area contributed by atoms with Crippen LogP contribution in [-0.4, -0.2) is 5.91 Å². The minimum Gasteiger partial charge on any atom is -0.321 e. The van der Waals surface area contributed by atoms with E-state index in [4.69, 9.17) is 11.6 Å². The van der Waals surface area contributed by atoms with Crippen molar-refractivity contribution in [3.63, 3.8) is 0 Å².